The molecule has 0 aliphatic heterocycles. The molecule has 104 valence electrons. The minimum atomic E-state index is 0.634. The molecule has 0 unspecified atom stereocenters. The van der Waals surface area contributed by atoms with Crippen LogP contribution in [-0.2, 0) is 6.54 Å². The van der Waals surface area contributed by atoms with Crippen molar-refractivity contribution < 1.29 is 4.42 Å². The molecule has 0 radical (unpaired) electrons. The van der Waals surface area contributed by atoms with Gasteiger partial charge in [0.05, 0.1) is 12.8 Å². The van der Waals surface area contributed by atoms with Gasteiger partial charge in [0.15, 0.2) is 0 Å². The summed E-state index contributed by atoms with van der Waals surface area (Å²) >= 11 is 0. The summed E-state index contributed by atoms with van der Waals surface area (Å²) in [7, 11) is 0. The Balaban J connectivity index is 1.39. The molecule has 0 spiro atoms. The summed E-state index contributed by atoms with van der Waals surface area (Å²) in [5, 5.41) is 3.69. The Morgan fingerprint density at radius 3 is 2.32 bits per heavy atom. The van der Waals surface area contributed by atoms with Gasteiger partial charge < -0.3 is 9.73 Å². The van der Waals surface area contributed by atoms with E-state index in [-0.39, 0.29) is 0 Å². The zero-order chi connectivity index (χ0) is 12.9. The molecule has 1 aromatic heterocycles. The first kappa shape index (κ1) is 12.0. The fourth-order valence-corrected chi connectivity index (χ4v) is 5.53. The largest absolute Gasteiger partial charge is 0.468 e. The van der Waals surface area contributed by atoms with E-state index in [1.54, 1.807) is 6.26 Å². The fraction of sp³-hybridized carbons (Fsp3) is 0.765. The van der Waals surface area contributed by atoms with E-state index in [1.165, 1.54) is 50.6 Å². The number of furan rings is 1. The average molecular weight is 259 g/mol. The van der Waals surface area contributed by atoms with E-state index in [4.69, 9.17) is 4.42 Å². The molecule has 2 nitrogen and oxygen atoms in total. The Hall–Kier alpha value is -0.760. The molecule has 4 saturated carbocycles. The second-order valence-electron chi connectivity index (χ2n) is 7.55. The molecule has 19 heavy (non-hydrogen) atoms. The van der Waals surface area contributed by atoms with Gasteiger partial charge in [-0.25, -0.2) is 0 Å². The summed E-state index contributed by atoms with van der Waals surface area (Å²) in [4.78, 5) is 0. The smallest absolute Gasteiger partial charge is 0.120 e. The Morgan fingerprint density at radius 2 is 1.79 bits per heavy atom. The maximum Gasteiger partial charge on any atom is 0.120 e. The van der Waals surface area contributed by atoms with Gasteiger partial charge in [0, 0.05) is 6.54 Å². The highest BCUT2D eigenvalue weighted by atomic mass is 16.3. The van der Waals surface area contributed by atoms with Crippen molar-refractivity contribution in [1.82, 2.24) is 5.32 Å². The van der Waals surface area contributed by atoms with E-state index >= 15 is 0 Å². The van der Waals surface area contributed by atoms with Gasteiger partial charge in [0.2, 0.25) is 0 Å². The highest BCUT2D eigenvalue weighted by molar-refractivity contribution is 5.14. The van der Waals surface area contributed by atoms with E-state index in [0.29, 0.717) is 5.41 Å². The SMILES string of the molecule is Cc1ccoc1CNCC12CC3CC(CC(C3)C1)C2. The van der Waals surface area contributed by atoms with Crippen molar-refractivity contribution in [2.45, 2.75) is 52.0 Å². The molecule has 1 heterocycles. The van der Waals surface area contributed by atoms with Crippen LogP contribution >= 0.6 is 0 Å². The lowest BCUT2D eigenvalue weighted by Crippen LogP contribution is -2.50. The first-order chi connectivity index (χ1) is 9.22. The molecule has 2 heteroatoms. The van der Waals surface area contributed by atoms with Gasteiger partial charge in [0.25, 0.3) is 0 Å². The maximum absolute atomic E-state index is 5.52. The molecule has 4 aliphatic carbocycles. The van der Waals surface area contributed by atoms with E-state index in [1.807, 2.05) is 0 Å². The zero-order valence-corrected chi connectivity index (χ0v) is 12.0. The van der Waals surface area contributed by atoms with Crippen molar-refractivity contribution >= 4 is 0 Å². The van der Waals surface area contributed by atoms with E-state index in [0.717, 1.165) is 30.1 Å². The van der Waals surface area contributed by atoms with Gasteiger partial charge >= 0.3 is 0 Å². The van der Waals surface area contributed by atoms with Crippen LogP contribution in [-0.4, -0.2) is 6.54 Å². The van der Waals surface area contributed by atoms with E-state index in [9.17, 15) is 0 Å². The highest BCUT2D eigenvalue weighted by Crippen LogP contribution is 2.59. The van der Waals surface area contributed by atoms with Crippen LogP contribution in [0.2, 0.25) is 0 Å². The summed E-state index contributed by atoms with van der Waals surface area (Å²) < 4.78 is 5.52. The topological polar surface area (TPSA) is 25.2 Å². The second kappa shape index (κ2) is 4.37. The van der Waals surface area contributed by atoms with Gasteiger partial charge in [-0.1, -0.05) is 0 Å². The third kappa shape index (κ3) is 2.14. The van der Waals surface area contributed by atoms with Gasteiger partial charge in [-0.2, -0.15) is 0 Å². The molecular formula is C17H25NO. The van der Waals surface area contributed by atoms with E-state index in [2.05, 4.69) is 18.3 Å². The molecule has 4 aliphatic rings. The third-order valence-corrected chi connectivity index (χ3v) is 5.92. The molecule has 4 fully saturated rings. The first-order valence-corrected chi connectivity index (χ1v) is 7.96. The second-order valence-corrected chi connectivity index (χ2v) is 7.55. The quantitative estimate of drug-likeness (QED) is 0.887. The third-order valence-electron chi connectivity index (χ3n) is 5.92. The van der Waals surface area contributed by atoms with Crippen molar-refractivity contribution in [3.8, 4) is 0 Å². The van der Waals surface area contributed by atoms with Gasteiger partial charge in [0.1, 0.15) is 5.76 Å². The van der Waals surface area contributed by atoms with Gasteiger partial charge in [-0.15, -0.1) is 0 Å². The van der Waals surface area contributed by atoms with Crippen LogP contribution in [0.3, 0.4) is 0 Å². The van der Waals surface area contributed by atoms with Crippen LogP contribution in [0, 0.1) is 30.1 Å². The summed E-state index contributed by atoms with van der Waals surface area (Å²) in [6.07, 6.45) is 10.9. The summed E-state index contributed by atoms with van der Waals surface area (Å²) in [5.74, 6) is 4.28. The van der Waals surface area contributed by atoms with Gasteiger partial charge in [-0.3, -0.25) is 0 Å². The van der Waals surface area contributed by atoms with E-state index < -0.39 is 0 Å². The Labute approximate surface area is 116 Å². The molecule has 0 atom stereocenters. The number of hydrogen-bond acceptors (Lipinski definition) is 2. The monoisotopic (exact) mass is 259 g/mol. The lowest BCUT2D eigenvalue weighted by Gasteiger charge is -2.57. The Morgan fingerprint density at radius 1 is 1.16 bits per heavy atom. The van der Waals surface area contributed by atoms with Crippen molar-refractivity contribution in [2.75, 3.05) is 6.54 Å². The zero-order valence-electron chi connectivity index (χ0n) is 12.0. The maximum atomic E-state index is 5.52. The van der Waals surface area contributed by atoms with Crippen LogP contribution < -0.4 is 5.32 Å². The minimum absolute atomic E-state index is 0.634. The predicted molar refractivity (Wildman–Crippen MR) is 75.8 cm³/mol. The summed E-state index contributed by atoms with van der Waals surface area (Å²) in [6, 6.07) is 2.06. The Kier molecular flexibility index (Phi) is 2.77. The highest BCUT2D eigenvalue weighted by Gasteiger charge is 2.50. The Bertz CT molecular complexity index is 426. The number of rotatable bonds is 4. The molecule has 1 aromatic rings. The number of nitrogens with one attached hydrogen (secondary N) is 1. The molecule has 0 aromatic carbocycles. The van der Waals surface area contributed by atoms with Crippen LogP contribution in [0.15, 0.2) is 16.7 Å². The van der Waals surface area contributed by atoms with Gasteiger partial charge in [-0.05, 0) is 80.2 Å². The van der Waals surface area contributed by atoms with Crippen molar-refractivity contribution in [3.63, 3.8) is 0 Å². The van der Waals surface area contributed by atoms with Crippen LogP contribution in [0.1, 0.15) is 49.8 Å². The predicted octanol–water partition coefficient (Wildman–Crippen LogP) is 3.89. The first-order valence-electron chi connectivity index (χ1n) is 7.96. The molecular weight excluding hydrogens is 234 g/mol. The van der Waals surface area contributed by atoms with Crippen LogP contribution in [0.25, 0.3) is 0 Å². The van der Waals surface area contributed by atoms with Crippen LogP contribution in [0.5, 0.6) is 0 Å². The standard InChI is InChI=1S/C17H25NO/c1-12-2-3-19-16(12)10-18-11-17-7-13-4-14(8-17)6-15(5-13)9-17/h2-3,13-15,18H,4-11H2,1H3. The molecule has 4 bridgehead atoms. The summed E-state index contributed by atoms with van der Waals surface area (Å²) in [5.41, 5.74) is 1.91. The molecule has 5 rings (SSSR count). The molecule has 1 N–H and O–H groups in total. The number of aryl methyl sites for hydroxylation is 1. The molecule has 0 saturated heterocycles. The molecule has 0 amide bonds. The van der Waals surface area contributed by atoms with Crippen molar-refractivity contribution in [3.05, 3.63) is 23.7 Å². The average Bonchev–Trinajstić information content (AvgIpc) is 2.73. The lowest BCUT2D eigenvalue weighted by atomic mass is 9.49. The van der Waals surface area contributed by atoms with Crippen LogP contribution in [0.4, 0.5) is 0 Å². The van der Waals surface area contributed by atoms with Crippen molar-refractivity contribution in [1.29, 1.82) is 0 Å². The number of hydrogen-bond donors (Lipinski definition) is 1. The fourth-order valence-electron chi connectivity index (χ4n) is 5.53. The van der Waals surface area contributed by atoms with Crippen molar-refractivity contribution in [2.24, 2.45) is 23.2 Å². The normalized spacial score (nSPS) is 39.9. The lowest BCUT2D eigenvalue weighted by molar-refractivity contribution is -0.0515. The minimum Gasteiger partial charge on any atom is -0.468 e. The summed E-state index contributed by atoms with van der Waals surface area (Å²) in [6.45, 7) is 4.24.